The van der Waals surface area contributed by atoms with E-state index in [0.717, 1.165) is 22.8 Å². The van der Waals surface area contributed by atoms with Crippen LogP contribution >= 0.6 is 0 Å². The third-order valence-corrected chi connectivity index (χ3v) is 4.57. The van der Waals surface area contributed by atoms with Crippen molar-refractivity contribution in [3.63, 3.8) is 0 Å². The molecule has 1 unspecified atom stereocenters. The van der Waals surface area contributed by atoms with Gasteiger partial charge in [0, 0.05) is 13.1 Å². The average molecular weight is 326 g/mol. The van der Waals surface area contributed by atoms with E-state index in [1.54, 1.807) is 0 Å². The van der Waals surface area contributed by atoms with Crippen LogP contribution in [0.25, 0.3) is 10.8 Å². The number of urea groups is 1. The van der Waals surface area contributed by atoms with Gasteiger partial charge < -0.3 is 21.7 Å². The fourth-order valence-electron chi connectivity index (χ4n) is 3.27. The maximum Gasteiger partial charge on any atom is 0.315 e. The Bertz CT molecular complexity index is 762. The number of rotatable bonds is 4. The molecule has 0 saturated carbocycles. The van der Waals surface area contributed by atoms with Crippen molar-refractivity contribution >= 4 is 22.7 Å². The predicted octanol–water partition coefficient (Wildman–Crippen LogP) is 1.50. The highest BCUT2D eigenvalue weighted by atomic mass is 16.2. The molecule has 2 aromatic carbocycles. The molecular formula is C18H22N4O2. The SMILES string of the molecule is NCC(NC(=O)[C@@H]1CCCN1C(N)=O)c1ccc2ccccc2c1. The van der Waals surface area contributed by atoms with Gasteiger partial charge in [0.2, 0.25) is 5.91 Å². The van der Waals surface area contributed by atoms with E-state index in [2.05, 4.69) is 5.32 Å². The topological polar surface area (TPSA) is 101 Å². The maximum atomic E-state index is 12.6. The summed E-state index contributed by atoms with van der Waals surface area (Å²) in [5.74, 6) is -0.199. The Morgan fingerprint density at radius 3 is 2.67 bits per heavy atom. The minimum absolute atomic E-state index is 0.199. The van der Waals surface area contributed by atoms with Crippen molar-refractivity contribution in [3.8, 4) is 0 Å². The molecule has 126 valence electrons. The summed E-state index contributed by atoms with van der Waals surface area (Å²) in [6.45, 7) is 0.810. The zero-order chi connectivity index (χ0) is 17.1. The van der Waals surface area contributed by atoms with Gasteiger partial charge in [0.25, 0.3) is 0 Å². The standard InChI is InChI=1S/C18H22N4O2/c19-11-15(14-8-7-12-4-1-2-5-13(12)10-14)21-17(23)16-6-3-9-22(16)18(20)24/h1-2,4-5,7-8,10,15-16H,3,6,9,11,19H2,(H2,20,24)(H,21,23)/t15?,16-/m0/s1. The van der Waals surface area contributed by atoms with Crippen molar-refractivity contribution < 1.29 is 9.59 Å². The summed E-state index contributed by atoms with van der Waals surface area (Å²) in [6, 6.07) is 12.7. The molecule has 0 aromatic heterocycles. The third kappa shape index (κ3) is 3.19. The normalized spacial score (nSPS) is 18.5. The van der Waals surface area contributed by atoms with E-state index in [0.29, 0.717) is 13.0 Å². The fraction of sp³-hybridized carbons (Fsp3) is 0.333. The van der Waals surface area contributed by atoms with Crippen LogP contribution < -0.4 is 16.8 Å². The van der Waals surface area contributed by atoms with Crippen LogP contribution in [0.15, 0.2) is 42.5 Å². The van der Waals surface area contributed by atoms with Crippen LogP contribution in [0.4, 0.5) is 4.79 Å². The Morgan fingerprint density at radius 2 is 1.96 bits per heavy atom. The summed E-state index contributed by atoms with van der Waals surface area (Å²) in [7, 11) is 0. The summed E-state index contributed by atoms with van der Waals surface area (Å²) in [5.41, 5.74) is 12.2. The Labute approximate surface area is 140 Å². The first kappa shape index (κ1) is 16.3. The van der Waals surface area contributed by atoms with Crippen LogP contribution in [0.5, 0.6) is 0 Å². The van der Waals surface area contributed by atoms with Gasteiger partial charge in [0.15, 0.2) is 0 Å². The fourth-order valence-corrected chi connectivity index (χ4v) is 3.27. The lowest BCUT2D eigenvalue weighted by molar-refractivity contribution is -0.125. The number of nitrogens with zero attached hydrogens (tertiary/aromatic N) is 1. The van der Waals surface area contributed by atoms with E-state index < -0.39 is 12.1 Å². The molecule has 1 fully saturated rings. The number of carbonyl (C=O) groups excluding carboxylic acids is 2. The number of fused-ring (bicyclic) bond motifs is 1. The maximum absolute atomic E-state index is 12.6. The highest BCUT2D eigenvalue weighted by Gasteiger charge is 2.33. The van der Waals surface area contributed by atoms with Gasteiger partial charge in [-0.15, -0.1) is 0 Å². The van der Waals surface area contributed by atoms with E-state index in [4.69, 9.17) is 11.5 Å². The molecule has 6 nitrogen and oxygen atoms in total. The zero-order valence-corrected chi connectivity index (χ0v) is 13.4. The van der Waals surface area contributed by atoms with E-state index >= 15 is 0 Å². The predicted molar refractivity (Wildman–Crippen MR) is 93.2 cm³/mol. The molecule has 1 aliphatic heterocycles. The minimum Gasteiger partial charge on any atom is -0.351 e. The van der Waals surface area contributed by atoms with Crippen molar-refractivity contribution in [1.29, 1.82) is 0 Å². The Morgan fingerprint density at radius 1 is 1.21 bits per heavy atom. The molecule has 0 spiro atoms. The van der Waals surface area contributed by atoms with Gasteiger partial charge in [-0.25, -0.2) is 4.79 Å². The molecule has 2 aromatic rings. The van der Waals surface area contributed by atoms with Gasteiger partial charge >= 0.3 is 6.03 Å². The molecule has 2 atom stereocenters. The van der Waals surface area contributed by atoms with E-state index in [9.17, 15) is 9.59 Å². The first-order valence-corrected chi connectivity index (χ1v) is 8.15. The summed E-state index contributed by atoms with van der Waals surface area (Å²) in [6.07, 6.45) is 1.41. The molecule has 3 amide bonds. The van der Waals surface area contributed by atoms with Gasteiger partial charge in [0.05, 0.1) is 6.04 Å². The van der Waals surface area contributed by atoms with Crippen molar-refractivity contribution in [2.24, 2.45) is 11.5 Å². The van der Waals surface area contributed by atoms with Gasteiger partial charge in [0.1, 0.15) is 6.04 Å². The minimum atomic E-state index is -0.553. The molecule has 5 N–H and O–H groups in total. The number of carbonyl (C=O) groups is 2. The summed E-state index contributed by atoms with van der Waals surface area (Å²) < 4.78 is 0. The Kier molecular flexibility index (Phi) is 4.66. The second-order valence-corrected chi connectivity index (χ2v) is 6.09. The zero-order valence-electron chi connectivity index (χ0n) is 13.4. The first-order valence-electron chi connectivity index (χ1n) is 8.15. The largest absolute Gasteiger partial charge is 0.351 e. The lowest BCUT2D eigenvalue weighted by Gasteiger charge is -2.25. The second-order valence-electron chi connectivity index (χ2n) is 6.09. The molecule has 1 heterocycles. The molecule has 1 aliphatic rings. The molecule has 0 aliphatic carbocycles. The van der Waals surface area contributed by atoms with Crippen LogP contribution in [0.1, 0.15) is 24.4 Å². The Hall–Kier alpha value is -2.60. The van der Waals surface area contributed by atoms with Crippen LogP contribution in [0.3, 0.4) is 0 Å². The van der Waals surface area contributed by atoms with Crippen LogP contribution in [0, 0.1) is 0 Å². The van der Waals surface area contributed by atoms with Gasteiger partial charge in [-0.3, -0.25) is 4.79 Å². The van der Waals surface area contributed by atoms with Crippen molar-refractivity contribution in [1.82, 2.24) is 10.2 Å². The third-order valence-electron chi connectivity index (χ3n) is 4.57. The smallest absolute Gasteiger partial charge is 0.315 e. The van der Waals surface area contributed by atoms with Crippen molar-refractivity contribution in [3.05, 3.63) is 48.0 Å². The van der Waals surface area contributed by atoms with E-state index in [-0.39, 0.29) is 18.5 Å². The Balaban J connectivity index is 1.78. The number of likely N-dealkylation sites (tertiary alicyclic amines) is 1. The van der Waals surface area contributed by atoms with Crippen LogP contribution in [0.2, 0.25) is 0 Å². The van der Waals surface area contributed by atoms with Gasteiger partial charge in [-0.1, -0.05) is 36.4 Å². The quantitative estimate of drug-likeness (QED) is 0.793. The lowest BCUT2D eigenvalue weighted by Crippen LogP contribution is -2.49. The number of hydrogen-bond donors (Lipinski definition) is 3. The van der Waals surface area contributed by atoms with Crippen LogP contribution in [-0.2, 0) is 4.79 Å². The molecule has 6 heteroatoms. The molecule has 24 heavy (non-hydrogen) atoms. The van der Waals surface area contributed by atoms with Gasteiger partial charge in [-0.2, -0.15) is 0 Å². The number of nitrogens with two attached hydrogens (primary N) is 2. The summed E-state index contributed by atoms with van der Waals surface area (Å²) in [5, 5.41) is 5.20. The molecule has 0 radical (unpaired) electrons. The number of hydrogen-bond acceptors (Lipinski definition) is 3. The number of primary amides is 1. The van der Waals surface area contributed by atoms with Crippen molar-refractivity contribution in [2.75, 3.05) is 13.1 Å². The molecule has 0 bridgehead atoms. The molecular weight excluding hydrogens is 304 g/mol. The highest BCUT2D eigenvalue weighted by molar-refractivity contribution is 5.88. The highest BCUT2D eigenvalue weighted by Crippen LogP contribution is 2.22. The molecule has 1 saturated heterocycles. The lowest BCUT2D eigenvalue weighted by atomic mass is 10.0. The monoisotopic (exact) mass is 326 g/mol. The van der Waals surface area contributed by atoms with E-state index in [1.165, 1.54) is 4.90 Å². The number of benzene rings is 2. The molecule has 3 rings (SSSR count). The first-order chi connectivity index (χ1) is 11.6. The summed E-state index contributed by atoms with van der Waals surface area (Å²) >= 11 is 0. The van der Waals surface area contributed by atoms with Gasteiger partial charge in [-0.05, 0) is 35.2 Å². The second kappa shape index (κ2) is 6.88. The number of nitrogens with one attached hydrogen (secondary N) is 1. The average Bonchev–Trinajstić information content (AvgIpc) is 3.09. The van der Waals surface area contributed by atoms with Crippen LogP contribution in [-0.4, -0.2) is 36.0 Å². The van der Waals surface area contributed by atoms with E-state index in [1.807, 2.05) is 42.5 Å². The number of amides is 3. The van der Waals surface area contributed by atoms with Crippen molar-refractivity contribution in [2.45, 2.75) is 24.9 Å². The summed E-state index contributed by atoms with van der Waals surface area (Å²) in [4.78, 5) is 25.4.